The Labute approximate surface area is 149 Å². The van der Waals surface area contributed by atoms with Gasteiger partial charge in [-0.15, -0.1) is 0 Å². The van der Waals surface area contributed by atoms with E-state index in [4.69, 9.17) is 23.2 Å². The number of hydrogen-bond acceptors (Lipinski definition) is 3. The molecule has 0 spiro atoms. The first-order valence-corrected chi connectivity index (χ1v) is 7.79. The van der Waals surface area contributed by atoms with Crippen LogP contribution in [0.5, 0.6) is 0 Å². The maximum atomic E-state index is 11.9. The average Bonchev–Trinajstić information content (AvgIpc) is 2.53. The number of hydrazone groups is 1. The van der Waals surface area contributed by atoms with Crippen molar-refractivity contribution in [1.29, 1.82) is 0 Å². The molecular formula is C17H15Cl2N3O2. The first-order chi connectivity index (χ1) is 11.4. The molecule has 0 radical (unpaired) electrons. The van der Waals surface area contributed by atoms with Crippen molar-refractivity contribution in [3.05, 3.63) is 63.1 Å². The van der Waals surface area contributed by atoms with Gasteiger partial charge in [-0.1, -0.05) is 41.4 Å². The summed E-state index contributed by atoms with van der Waals surface area (Å²) < 4.78 is 0. The number of hydrogen-bond donors (Lipinski definition) is 2. The molecule has 2 N–H and O–H groups in total. The first kappa shape index (κ1) is 18.0. The number of amides is 2. The third-order valence-corrected chi connectivity index (χ3v) is 3.87. The quantitative estimate of drug-likeness (QED) is 0.495. The van der Waals surface area contributed by atoms with Crippen LogP contribution in [0.4, 0.5) is 5.69 Å². The SMILES string of the molecule is Cc1ccc(C)c(NC(=O)C(=O)N/N=C\c2c(Cl)cccc2Cl)c1. The van der Waals surface area contributed by atoms with Gasteiger partial charge in [0.1, 0.15) is 0 Å². The molecular weight excluding hydrogens is 349 g/mol. The molecule has 0 saturated heterocycles. The van der Waals surface area contributed by atoms with Crippen molar-refractivity contribution >= 4 is 46.9 Å². The highest BCUT2D eigenvalue weighted by molar-refractivity contribution is 6.40. The molecule has 0 atom stereocenters. The fraction of sp³-hybridized carbons (Fsp3) is 0.118. The zero-order valence-corrected chi connectivity index (χ0v) is 14.6. The summed E-state index contributed by atoms with van der Waals surface area (Å²) in [5, 5.41) is 7.04. The van der Waals surface area contributed by atoms with E-state index in [9.17, 15) is 9.59 Å². The molecule has 0 aliphatic rings. The highest BCUT2D eigenvalue weighted by atomic mass is 35.5. The van der Waals surface area contributed by atoms with Crippen molar-refractivity contribution in [2.24, 2.45) is 5.10 Å². The Morgan fingerprint density at radius 2 is 1.71 bits per heavy atom. The van der Waals surface area contributed by atoms with E-state index >= 15 is 0 Å². The van der Waals surface area contributed by atoms with Gasteiger partial charge in [0.25, 0.3) is 0 Å². The van der Waals surface area contributed by atoms with Crippen LogP contribution >= 0.6 is 23.2 Å². The second-order valence-electron chi connectivity index (χ2n) is 5.11. The van der Waals surface area contributed by atoms with Crippen LogP contribution in [0.25, 0.3) is 0 Å². The fourth-order valence-electron chi connectivity index (χ4n) is 1.89. The molecule has 24 heavy (non-hydrogen) atoms. The Balaban J connectivity index is 2.01. The summed E-state index contributed by atoms with van der Waals surface area (Å²) >= 11 is 12.0. The van der Waals surface area contributed by atoms with Crippen LogP contribution in [-0.4, -0.2) is 18.0 Å². The topological polar surface area (TPSA) is 70.6 Å². The Bertz CT molecular complexity index is 799. The minimum absolute atomic E-state index is 0.389. The van der Waals surface area contributed by atoms with Gasteiger partial charge in [0, 0.05) is 11.3 Å². The van der Waals surface area contributed by atoms with Crippen molar-refractivity contribution in [3.8, 4) is 0 Å². The third kappa shape index (κ3) is 4.57. The van der Waals surface area contributed by atoms with Crippen LogP contribution in [-0.2, 0) is 9.59 Å². The molecule has 0 heterocycles. The Morgan fingerprint density at radius 1 is 1.04 bits per heavy atom. The number of anilines is 1. The molecule has 5 nitrogen and oxygen atoms in total. The number of nitrogens with one attached hydrogen (secondary N) is 2. The summed E-state index contributed by atoms with van der Waals surface area (Å²) in [4.78, 5) is 23.7. The number of carbonyl (C=O) groups is 2. The minimum atomic E-state index is -0.893. The lowest BCUT2D eigenvalue weighted by atomic mass is 10.1. The number of halogens is 2. The molecule has 2 aromatic rings. The Hall–Kier alpha value is -2.37. The molecule has 2 amide bonds. The standard InChI is InChI=1S/C17H15Cl2N3O2/c1-10-6-7-11(2)15(8-10)21-16(23)17(24)22-20-9-12-13(18)4-3-5-14(12)19/h3-9H,1-2H3,(H,21,23)(H,22,24)/b20-9-. The van der Waals surface area contributed by atoms with Gasteiger partial charge in [0.15, 0.2) is 0 Å². The highest BCUT2D eigenvalue weighted by Crippen LogP contribution is 2.22. The van der Waals surface area contributed by atoms with E-state index in [1.54, 1.807) is 24.3 Å². The lowest BCUT2D eigenvalue weighted by molar-refractivity contribution is -0.136. The second-order valence-corrected chi connectivity index (χ2v) is 5.92. The van der Waals surface area contributed by atoms with Crippen molar-refractivity contribution in [2.45, 2.75) is 13.8 Å². The monoisotopic (exact) mass is 363 g/mol. The minimum Gasteiger partial charge on any atom is -0.317 e. The van der Waals surface area contributed by atoms with Crippen molar-refractivity contribution in [3.63, 3.8) is 0 Å². The molecule has 0 fully saturated rings. The molecule has 0 bridgehead atoms. The van der Waals surface area contributed by atoms with E-state index in [1.807, 2.05) is 26.0 Å². The summed E-state index contributed by atoms with van der Waals surface area (Å²) in [5.74, 6) is -1.71. The van der Waals surface area contributed by atoms with Gasteiger partial charge in [-0.05, 0) is 43.2 Å². The van der Waals surface area contributed by atoms with Crippen molar-refractivity contribution in [2.75, 3.05) is 5.32 Å². The van der Waals surface area contributed by atoms with Gasteiger partial charge in [-0.3, -0.25) is 9.59 Å². The zero-order chi connectivity index (χ0) is 17.7. The molecule has 7 heteroatoms. The van der Waals surface area contributed by atoms with Crippen molar-refractivity contribution in [1.82, 2.24) is 5.43 Å². The lowest BCUT2D eigenvalue weighted by Gasteiger charge is -2.08. The average molecular weight is 364 g/mol. The van der Waals surface area contributed by atoms with Gasteiger partial charge >= 0.3 is 11.8 Å². The van der Waals surface area contributed by atoms with Gasteiger partial charge in [-0.25, -0.2) is 5.43 Å². The largest absolute Gasteiger partial charge is 0.329 e. The number of nitrogens with zero attached hydrogens (tertiary/aromatic N) is 1. The van der Waals surface area contributed by atoms with Gasteiger partial charge in [0.2, 0.25) is 0 Å². The van der Waals surface area contributed by atoms with Crippen LogP contribution in [0.1, 0.15) is 16.7 Å². The molecule has 0 saturated carbocycles. The van der Waals surface area contributed by atoms with E-state index in [0.29, 0.717) is 21.3 Å². The number of aryl methyl sites for hydroxylation is 2. The number of rotatable bonds is 3. The summed E-state index contributed by atoms with van der Waals surface area (Å²) in [6.07, 6.45) is 1.29. The summed E-state index contributed by atoms with van der Waals surface area (Å²) in [6, 6.07) is 10.5. The van der Waals surface area contributed by atoms with Crippen LogP contribution in [0.3, 0.4) is 0 Å². The zero-order valence-electron chi connectivity index (χ0n) is 13.1. The predicted octanol–water partition coefficient (Wildman–Crippen LogP) is 3.70. The van der Waals surface area contributed by atoms with E-state index in [0.717, 1.165) is 11.1 Å². The summed E-state index contributed by atoms with van der Waals surface area (Å²) in [5.41, 5.74) is 5.00. The van der Waals surface area contributed by atoms with E-state index in [2.05, 4.69) is 15.8 Å². The molecule has 0 aromatic heterocycles. The highest BCUT2D eigenvalue weighted by Gasteiger charge is 2.14. The van der Waals surface area contributed by atoms with E-state index < -0.39 is 11.8 Å². The van der Waals surface area contributed by atoms with Gasteiger partial charge in [0.05, 0.1) is 16.3 Å². The summed E-state index contributed by atoms with van der Waals surface area (Å²) in [7, 11) is 0. The first-order valence-electron chi connectivity index (χ1n) is 7.04. The lowest BCUT2D eigenvalue weighted by Crippen LogP contribution is -2.32. The maximum absolute atomic E-state index is 11.9. The van der Waals surface area contributed by atoms with Crippen molar-refractivity contribution < 1.29 is 9.59 Å². The van der Waals surface area contributed by atoms with Gasteiger partial charge in [-0.2, -0.15) is 5.10 Å². The predicted molar refractivity (Wildman–Crippen MR) is 96.7 cm³/mol. The van der Waals surface area contributed by atoms with Gasteiger partial charge < -0.3 is 5.32 Å². The molecule has 0 aliphatic heterocycles. The van der Waals surface area contributed by atoms with E-state index in [-0.39, 0.29) is 0 Å². The molecule has 124 valence electrons. The number of benzene rings is 2. The second kappa shape index (κ2) is 7.95. The fourth-order valence-corrected chi connectivity index (χ4v) is 2.38. The van der Waals surface area contributed by atoms with Crippen LogP contribution in [0, 0.1) is 13.8 Å². The number of carbonyl (C=O) groups excluding carboxylic acids is 2. The Kier molecular flexibility index (Phi) is 5.95. The van der Waals surface area contributed by atoms with Crippen LogP contribution in [0.15, 0.2) is 41.5 Å². The maximum Gasteiger partial charge on any atom is 0.329 e. The smallest absolute Gasteiger partial charge is 0.317 e. The molecule has 2 rings (SSSR count). The third-order valence-electron chi connectivity index (χ3n) is 3.21. The van der Waals surface area contributed by atoms with E-state index in [1.165, 1.54) is 6.21 Å². The van der Waals surface area contributed by atoms with Crippen LogP contribution in [0.2, 0.25) is 10.0 Å². The molecule has 0 aliphatic carbocycles. The molecule has 2 aromatic carbocycles. The summed E-state index contributed by atoms with van der Waals surface area (Å²) in [6.45, 7) is 3.73. The molecule has 0 unspecified atom stereocenters. The van der Waals surface area contributed by atoms with Crippen LogP contribution < -0.4 is 10.7 Å². The Morgan fingerprint density at radius 3 is 2.38 bits per heavy atom. The normalized spacial score (nSPS) is 10.7.